The highest BCUT2D eigenvalue weighted by molar-refractivity contribution is 5.69. The second kappa shape index (κ2) is 15.1. The first-order chi connectivity index (χ1) is 10.6. The smallest absolute Gasteiger partial charge is 0.306 e. The Balaban J connectivity index is 3.34. The largest absolute Gasteiger partial charge is 0.481 e. The number of carbonyl (C=O) groups is 1. The molecule has 0 saturated carbocycles. The van der Waals surface area contributed by atoms with Gasteiger partial charge in [0.05, 0.1) is 12.0 Å². The van der Waals surface area contributed by atoms with Crippen molar-refractivity contribution >= 4 is 5.97 Å². The van der Waals surface area contributed by atoms with Crippen LogP contribution in [0.2, 0.25) is 0 Å². The number of rotatable bonds is 15. The van der Waals surface area contributed by atoms with Gasteiger partial charge in [-0.05, 0) is 32.1 Å². The van der Waals surface area contributed by atoms with E-state index in [0.29, 0.717) is 0 Å². The maximum Gasteiger partial charge on any atom is 0.306 e. The highest BCUT2D eigenvalue weighted by Crippen LogP contribution is 2.12. The normalized spacial score (nSPS) is 14.3. The molecule has 0 amide bonds. The third-order valence-electron chi connectivity index (χ3n) is 4.15. The molecule has 0 aromatic heterocycles. The predicted molar refractivity (Wildman–Crippen MR) is 93.0 cm³/mol. The Morgan fingerprint density at radius 3 is 2.27 bits per heavy atom. The summed E-state index contributed by atoms with van der Waals surface area (Å²) in [6, 6.07) is 0. The molecule has 0 radical (unpaired) electrons. The van der Waals surface area contributed by atoms with Gasteiger partial charge in [0, 0.05) is 0 Å². The van der Waals surface area contributed by atoms with E-state index in [9.17, 15) is 9.90 Å². The molecule has 0 aliphatic heterocycles. The third-order valence-corrected chi connectivity index (χ3v) is 4.15. The Bertz CT molecular complexity index is 286. The van der Waals surface area contributed by atoms with Gasteiger partial charge in [0.15, 0.2) is 0 Å². The van der Waals surface area contributed by atoms with Crippen LogP contribution >= 0.6 is 0 Å². The van der Waals surface area contributed by atoms with Gasteiger partial charge in [0.1, 0.15) is 0 Å². The van der Waals surface area contributed by atoms with Gasteiger partial charge in [-0.2, -0.15) is 0 Å². The molecular weight excluding hydrogens is 276 g/mol. The molecule has 3 nitrogen and oxygen atoms in total. The number of carboxylic acid groups (broad SMARTS) is 1. The quantitative estimate of drug-likeness (QED) is 0.317. The summed E-state index contributed by atoms with van der Waals surface area (Å²) < 4.78 is 0. The van der Waals surface area contributed by atoms with Crippen molar-refractivity contribution in [1.82, 2.24) is 0 Å². The lowest BCUT2D eigenvalue weighted by atomic mass is 10.0. The van der Waals surface area contributed by atoms with Crippen LogP contribution in [0.1, 0.15) is 90.9 Å². The molecule has 3 heteroatoms. The standard InChI is InChI=1S/C19H36O3/c1-3-4-5-12-15-18(20)16-13-10-8-6-7-9-11-14-17(2)19(21)22/h10,13,17-18,20H,3-9,11-12,14-16H2,1-2H3,(H,21,22). The molecule has 0 heterocycles. The molecular formula is C19H36O3. The summed E-state index contributed by atoms with van der Waals surface area (Å²) in [6.45, 7) is 3.98. The molecule has 2 N–H and O–H groups in total. The number of aliphatic carboxylic acids is 1. The van der Waals surface area contributed by atoms with E-state index in [0.717, 1.165) is 57.8 Å². The number of carboxylic acids is 1. The van der Waals surface area contributed by atoms with Crippen molar-refractivity contribution in [1.29, 1.82) is 0 Å². The van der Waals surface area contributed by atoms with Crippen LogP contribution in [0.5, 0.6) is 0 Å². The van der Waals surface area contributed by atoms with Crippen molar-refractivity contribution in [3.05, 3.63) is 12.2 Å². The highest BCUT2D eigenvalue weighted by atomic mass is 16.4. The van der Waals surface area contributed by atoms with Crippen LogP contribution in [0.4, 0.5) is 0 Å². The van der Waals surface area contributed by atoms with Gasteiger partial charge >= 0.3 is 5.97 Å². The minimum atomic E-state index is -0.684. The zero-order valence-electron chi connectivity index (χ0n) is 14.6. The van der Waals surface area contributed by atoms with E-state index in [1.54, 1.807) is 6.92 Å². The van der Waals surface area contributed by atoms with Crippen LogP contribution in [-0.4, -0.2) is 22.3 Å². The molecule has 0 bridgehead atoms. The van der Waals surface area contributed by atoms with E-state index >= 15 is 0 Å². The van der Waals surface area contributed by atoms with Crippen LogP contribution in [0.15, 0.2) is 12.2 Å². The van der Waals surface area contributed by atoms with Crippen molar-refractivity contribution < 1.29 is 15.0 Å². The molecule has 0 aromatic carbocycles. The van der Waals surface area contributed by atoms with Crippen LogP contribution in [0.3, 0.4) is 0 Å². The van der Waals surface area contributed by atoms with E-state index in [1.807, 2.05) is 0 Å². The Kier molecular flexibility index (Phi) is 14.5. The monoisotopic (exact) mass is 312 g/mol. The zero-order valence-corrected chi connectivity index (χ0v) is 14.6. The molecule has 2 unspecified atom stereocenters. The fourth-order valence-corrected chi connectivity index (χ4v) is 2.49. The van der Waals surface area contributed by atoms with Crippen LogP contribution in [0.25, 0.3) is 0 Å². The maximum absolute atomic E-state index is 10.7. The van der Waals surface area contributed by atoms with Gasteiger partial charge in [-0.25, -0.2) is 0 Å². The lowest BCUT2D eigenvalue weighted by molar-refractivity contribution is -0.141. The van der Waals surface area contributed by atoms with Gasteiger partial charge in [-0.1, -0.05) is 70.9 Å². The lowest BCUT2D eigenvalue weighted by Crippen LogP contribution is -2.08. The van der Waals surface area contributed by atoms with Crippen LogP contribution < -0.4 is 0 Å². The first kappa shape index (κ1) is 21.2. The second-order valence-corrected chi connectivity index (χ2v) is 6.44. The van der Waals surface area contributed by atoms with Crippen LogP contribution in [-0.2, 0) is 4.79 Å². The van der Waals surface area contributed by atoms with Gasteiger partial charge in [-0.3, -0.25) is 4.79 Å². The molecule has 130 valence electrons. The number of aliphatic hydroxyl groups is 1. The Morgan fingerprint density at radius 1 is 0.955 bits per heavy atom. The van der Waals surface area contributed by atoms with Crippen molar-refractivity contribution in [2.75, 3.05) is 0 Å². The second-order valence-electron chi connectivity index (χ2n) is 6.44. The first-order valence-corrected chi connectivity index (χ1v) is 9.13. The zero-order chi connectivity index (χ0) is 16.6. The van der Waals surface area contributed by atoms with E-state index in [1.165, 1.54) is 19.3 Å². The first-order valence-electron chi connectivity index (χ1n) is 9.13. The Hall–Kier alpha value is -0.830. The predicted octanol–water partition coefficient (Wildman–Crippen LogP) is 5.33. The van der Waals surface area contributed by atoms with Crippen molar-refractivity contribution in [2.24, 2.45) is 5.92 Å². The van der Waals surface area contributed by atoms with Crippen molar-refractivity contribution in [3.63, 3.8) is 0 Å². The number of hydrogen-bond acceptors (Lipinski definition) is 2. The Morgan fingerprint density at radius 2 is 1.59 bits per heavy atom. The van der Waals surface area contributed by atoms with Gasteiger partial charge in [0.2, 0.25) is 0 Å². The maximum atomic E-state index is 10.7. The number of hydrogen-bond donors (Lipinski definition) is 2. The van der Waals surface area contributed by atoms with Crippen molar-refractivity contribution in [2.45, 2.75) is 97.0 Å². The molecule has 0 aliphatic carbocycles. The van der Waals surface area contributed by atoms with Crippen molar-refractivity contribution in [3.8, 4) is 0 Å². The summed E-state index contributed by atoms with van der Waals surface area (Å²) in [6.07, 6.45) is 17.0. The summed E-state index contributed by atoms with van der Waals surface area (Å²) >= 11 is 0. The SMILES string of the molecule is CCCCCCC(O)CC=CCCCCCCC(C)C(=O)O. The summed E-state index contributed by atoms with van der Waals surface area (Å²) in [5.74, 6) is -0.894. The molecule has 2 atom stereocenters. The fraction of sp³-hybridized carbons (Fsp3) is 0.842. The van der Waals surface area contributed by atoms with E-state index in [4.69, 9.17) is 5.11 Å². The number of unbranched alkanes of at least 4 members (excludes halogenated alkanes) is 7. The summed E-state index contributed by atoms with van der Waals surface area (Å²) in [5, 5.41) is 18.6. The molecule has 0 saturated heterocycles. The highest BCUT2D eigenvalue weighted by Gasteiger charge is 2.09. The topological polar surface area (TPSA) is 57.5 Å². The molecule has 0 fully saturated rings. The summed E-state index contributed by atoms with van der Waals surface area (Å²) in [7, 11) is 0. The number of allylic oxidation sites excluding steroid dienone is 1. The van der Waals surface area contributed by atoms with E-state index < -0.39 is 5.97 Å². The molecule has 0 spiro atoms. The minimum absolute atomic E-state index is 0.175. The van der Waals surface area contributed by atoms with Gasteiger partial charge in [0.25, 0.3) is 0 Å². The third kappa shape index (κ3) is 14.1. The summed E-state index contributed by atoms with van der Waals surface area (Å²) in [4.78, 5) is 10.7. The Labute approximate surface area is 136 Å². The molecule has 0 aromatic rings. The lowest BCUT2D eigenvalue weighted by Gasteiger charge is -2.07. The fourth-order valence-electron chi connectivity index (χ4n) is 2.49. The van der Waals surface area contributed by atoms with E-state index in [2.05, 4.69) is 19.1 Å². The average Bonchev–Trinajstić information content (AvgIpc) is 2.49. The van der Waals surface area contributed by atoms with Gasteiger partial charge < -0.3 is 10.2 Å². The molecule has 0 rings (SSSR count). The van der Waals surface area contributed by atoms with Crippen LogP contribution in [0, 0.1) is 5.92 Å². The molecule has 0 aliphatic rings. The minimum Gasteiger partial charge on any atom is -0.481 e. The average molecular weight is 312 g/mol. The number of aliphatic hydroxyl groups excluding tert-OH is 1. The summed E-state index contributed by atoms with van der Waals surface area (Å²) in [5.41, 5.74) is 0. The van der Waals surface area contributed by atoms with Gasteiger partial charge in [-0.15, -0.1) is 0 Å². The van der Waals surface area contributed by atoms with E-state index in [-0.39, 0.29) is 12.0 Å². The molecule has 22 heavy (non-hydrogen) atoms.